The first-order valence-electron chi connectivity index (χ1n) is 6.78. The van der Waals surface area contributed by atoms with E-state index in [2.05, 4.69) is 11.8 Å². The number of ether oxygens (including phenoxy) is 2. The molecule has 0 radical (unpaired) electrons. The lowest BCUT2D eigenvalue weighted by molar-refractivity contribution is 0.00504. The Bertz CT molecular complexity index is 599. The van der Waals surface area contributed by atoms with E-state index in [1.54, 1.807) is 0 Å². The molecular weight excluding hydrogens is 284 g/mol. The second-order valence-corrected chi connectivity index (χ2v) is 4.74. The number of alkyl halides is 1. The van der Waals surface area contributed by atoms with E-state index in [4.69, 9.17) is 21.1 Å². The SMILES string of the molecule is ClCCC#Cc1cccc(OCOCc2ccccc2)c1. The van der Waals surface area contributed by atoms with Gasteiger partial charge >= 0.3 is 0 Å². The molecule has 0 heterocycles. The fourth-order valence-electron chi connectivity index (χ4n) is 1.72. The van der Waals surface area contributed by atoms with Crippen LogP contribution in [0.15, 0.2) is 54.6 Å². The van der Waals surface area contributed by atoms with Gasteiger partial charge in [-0.2, -0.15) is 0 Å². The topological polar surface area (TPSA) is 18.5 Å². The molecule has 0 fully saturated rings. The molecule has 0 atom stereocenters. The minimum Gasteiger partial charge on any atom is -0.468 e. The number of benzene rings is 2. The van der Waals surface area contributed by atoms with Crippen molar-refractivity contribution in [1.29, 1.82) is 0 Å². The zero-order valence-electron chi connectivity index (χ0n) is 11.7. The first kappa shape index (κ1) is 15.4. The van der Waals surface area contributed by atoms with Crippen molar-refractivity contribution in [2.75, 3.05) is 12.7 Å². The molecule has 0 saturated heterocycles. The molecule has 2 aromatic carbocycles. The maximum atomic E-state index is 5.59. The van der Waals surface area contributed by atoms with Crippen LogP contribution >= 0.6 is 11.6 Å². The van der Waals surface area contributed by atoms with E-state index < -0.39 is 0 Å². The summed E-state index contributed by atoms with van der Waals surface area (Å²) in [7, 11) is 0. The summed E-state index contributed by atoms with van der Waals surface area (Å²) in [5.41, 5.74) is 2.04. The first-order chi connectivity index (χ1) is 10.4. The molecule has 2 nitrogen and oxygen atoms in total. The van der Waals surface area contributed by atoms with Gasteiger partial charge in [-0.05, 0) is 23.8 Å². The average molecular weight is 301 g/mol. The Morgan fingerprint density at radius 2 is 1.86 bits per heavy atom. The highest BCUT2D eigenvalue weighted by Gasteiger charge is 1.96. The number of rotatable bonds is 6. The van der Waals surface area contributed by atoms with Gasteiger partial charge in [0, 0.05) is 17.9 Å². The normalized spacial score (nSPS) is 9.76. The van der Waals surface area contributed by atoms with E-state index in [1.807, 2.05) is 54.6 Å². The zero-order chi connectivity index (χ0) is 14.8. The molecule has 0 aliphatic carbocycles. The molecule has 0 aliphatic heterocycles. The summed E-state index contributed by atoms with van der Waals surface area (Å²) in [5.74, 6) is 7.35. The van der Waals surface area contributed by atoms with Gasteiger partial charge in [-0.15, -0.1) is 11.6 Å². The minimum atomic E-state index is 0.216. The first-order valence-corrected chi connectivity index (χ1v) is 7.31. The summed E-state index contributed by atoms with van der Waals surface area (Å²) in [5, 5.41) is 0. The van der Waals surface area contributed by atoms with Crippen molar-refractivity contribution >= 4 is 11.6 Å². The average Bonchev–Trinajstić information content (AvgIpc) is 2.53. The quantitative estimate of drug-likeness (QED) is 0.344. The summed E-state index contributed by atoms with van der Waals surface area (Å²) in [6.07, 6.45) is 0.687. The van der Waals surface area contributed by atoms with Gasteiger partial charge in [0.15, 0.2) is 6.79 Å². The third-order valence-electron chi connectivity index (χ3n) is 2.71. The van der Waals surface area contributed by atoms with Crippen LogP contribution < -0.4 is 4.74 Å². The maximum Gasteiger partial charge on any atom is 0.189 e. The molecule has 0 amide bonds. The molecule has 0 spiro atoms. The summed E-state index contributed by atoms with van der Waals surface area (Å²) < 4.78 is 11.0. The van der Waals surface area contributed by atoms with Crippen molar-refractivity contribution in [1.82, 2.24) is 0 Å². The van der Waals surface area contributed by atoms with Gasteiger partial charge in [0.05, 0.1) is 6.61 Å². The molecule has 0 N–H and O–H groups in total. The third-order valence-corrected chi connectivity index (χ3v) is 2.90. The summed E-state index contributed by atoms with van der Waals surface area (Å²) in [6, 6.07) is 17.6. The number of hydrogen-bond acceptors (Lipinski definition) is 2. The van der Waals surface area contributed by atoms with Crippen LogP contribution in [0.1, 0.15) is 17.5 Å². The molecule has 2 aromatic rings. The Hall–Kier alpha value is -1.95. The molecule has 0 aromatic heterocycles. The van der Waals surface area contributed by atoms with Crippen molar-refractivity contribution in [2.45, 2.75) is 13.0 Å². The predicted octanol–water partition coefficient (Wildman–Crippen LogP) is 4.22. The minimum absolute atomic E-state index is 0.216. The van der Waals surface area contributed by atoms with E-state index >= 15 is 0 Å². The van der Waals surface area contributed by atoms with E-state index in [9.17, 15) is 0 Å². The number of halogens is 1. The molecule has 21 heavy (non-hydrogen) atoms. The van der Waals surface area contributed by atoms with Gasteiger partial charge < -0.3 is 9.47 Å². The molecule has 2 rings (SSSR count). The van der Waals surface area contributed by atoms with E-state index in [0.29, 0.717) is 18.9 Å². The number of hydrogen-bond donors (Lipinski definition) is 0. The molecule has 0 bridgehead atoms. The van der Waals surface area contributed by atoms with Gasteiger partial charge in [0.2, 0.25) is 0 Å². The van der Waals surface area contributed by atoms with Crippen molar-refractivity contribution in [3.05, 3.63) is 65.7 Å². The molecule has 0 aliphatic rings. The van der Waals surface area contributed by atoms with Crippen LogP contribution in [0.5, 0.6) is 5.75 Å². The van der Waals surface area contributed by atoms with Crippen molar-refractivity contribution in [3.63, 3.8) is 0 Å². The van der Waals surface area contributed by atoms with E-state index in [1.165, 1.54) is 0 Å². The van der Waals surface area contributed by atoms with Gasteiger partial charge in [0.25, 0.3) is 0 Å². The maximum absolute atomic E-state index is 5.59. The molecular formula is C18H17ClO2. The van der Waals surface area contributed by atoms with Crippen LogP contribution in [0.4, 0.5) is 0 Å². The summed E-state index contributed by atoms with van der Waals surface area (Å²) in [6.45, 7) is 0.753. The van der Waals surface area contributed by atoms with Crippen LogP contribution in [-0.2, 0) is 11.3 Å². The lowest BCUT2D eigenvalue weighted by atomic mass is 10.2. The third kappa shape index (κ3) is 5.91. The Labute approximate surface area is 130 Å². The largest absolute Gasteiger partial charge is 0.468 e. The highest BCUT2D eigenvalue weighted by Crippen LogP contribution is 2.13. The van der Waals surface area contributed by atoms with Crippen molar-refractivity contribution in [3.8, 4) is 17.6 Å². The molecule has 0 saturated carbocycles. The predicted molar refractivity (Wildman–Crippen MR) is 85.4 cm³/mol. The molecule has 108 valence electrons. The Kier molecular flexibility index (Phi) is 6.67. The zero-order valence-corrected chi connectivity index (χ0v) is 12.5. The fourth-order valence-corrected chi connectivity index (χ4v) is 1.81. The second-order valence-electron chi connectivity index (χ2n) is 4.36. The lowest BCUT2D eigenvalue weighted by Gasteiger charge is -2.07. The Morgan fingerprint density at radius 1 is 1.00 bits per heavy atom. The van der Waals surface area contributed by atoms with Gasteiger partial charge in [-0.25, -0.2) is 0 Å². The van der Waals surface area contributed by atoms with Gasteiger partial charge in [-0.1, -0.05) is 48.2 Å². The monoisotopic (exact) mass is 300 g/mol. The van der Waals surface area contributed by atoms with E-state index in [-0.39, 0.29) is 6.79 Å². The van der Waals surface area contributed by atoms with Gasteiger partial charge in [0.1, 0.15) is 5.75 Å². The van der Waals surface area contributed by atoms with Crippen LogP contribution in [0.25, 0.3) is 0 Å². The second kappa shape index (κ2) is 9.07. The fraction of sp³-hybridized carbons (Fsp3) is 0.222. The van der Waals surface area contributed by atoms with Crippen LogP contribution in [0, 0.1) is 11.8 Å². The highest BCUT2D eigenvalue weighted by molar-refractivity contribution is 6.18. The highest BCUT2D eigenvalue weighted by atomic mass is 35.5. The summed E-state index contributed by atoms with van der Waals surface area (Å²) >= 11 is 5.59. The Morgan fingerprint density at radius 3 is 2.67 bits per heavy atom. The summed E-state index contributed by atoms with van der Waals surface area (Å²) in [4.78, 5) is 0. The molecule has 0 unspecified atom stereocenters. The van der Waals surface area contributed by atoms with Crippen LogP contribution in [-0.4, -0.2) is 12.7 Å². The van der Waals surface area contributed by atoms with Crippen LogP contribution in [0.3, 0.4) is 0 Å². The van der Waals surface area contributed by atoms with Crippen molar-refractivity contribution < 1.29 is 9.47 Å². The van der Waals surface area contributed by atoms with Gasteiger partial charge in [-0.3, -0.25) is 0 Å². The van der Waals surface area contributed by atoms with E-state index in [0.717, 1.165) is 16.9 Å². The molecule has 3 heteroatoms. The smallest absolute Gasteiger partial charge is 0.189 e. The lowest BCUT2D eigenvalue weighted by Crippen LogP contribution is -2.02. The van der Waals surface area contributed by atoms with Crippen LogP contribution in [0.2, 0.25) is 0 Å². The Balaban J connectivity index is 1.78. The van der Waals surface area contributed by atoms with Crippen molar-refractivity contribution in [2.24, 2.45) is 0 Å². The standard InChI is InChI=1S/C18H17ClO2/c19-12-5-4-7-16-10-6-11-18(13-16)21-15-20-14-17-8-2-1-3-9-17/h1-3,6,8-11,13H,5,12,14-15H2.